The topological polar surface area (TPSA) is 3.88 Å². The monoisotopic (exact) mass is 783 g/mol. The number of benzene rings is 3. The molecular weight excluding hydrogens is 762 g/mol. The van der Waals surface area contributed by atoms with Crippen LogP contribution in [0.2, 0.25) is 39.3 Å². The maximum absolute atomic E-state index is 16.2. The van der Waals surface area contributed by atoms with Crippen LogP contribution in [-0.4, -0.2) is 22.4 Å². The molecule has 0 radical (unpaired) electrons. The SMILES string of the molecule is C[Si](C)(C)C#Cc1ccc[n+]([B-](c2c(F)c(F)c(F)c(F)c2F)(c2c(F)c(F)c(F)c(F)c2F)c2c(F)c(F)c(F)c(F)c2F)c1C#C[Si](C)(C)C. The van der Waals surface area contributed by atoms with Gasteiger partial charge in [-0.1, -0.05) is 45.2 Å². The van der Waals surface area contributed by atoms with Gasteiger partial charge in [-0.05, 0) is 34.4 Å². The number of aromatic nitrogens is 1. The van der Waals surface area contributed by atoms with E-state index in [9.17, 15) is 13.2 Å². The quantitative estimate of drug-likeness (QED) is 0.0689. The van der Waals surface area contributed by atoms with E-state index in [-0.39, 0.29) is 4.48 Å². The first-order chi connectivity index (χ1) is 23.8. The summed E-state index contributed by atoms with van der Waals surface area (Å²) >= 11 is 0. The van der Waals surface area contributed by atoms with Crippen LogP contribution in [-0.2, 0) is 0 Å². The van der Waals surface area contributed by atoms with Crippen molar-refractivity contribution in [1.29, 1.82) is 0 Å². The molecule has 0 N–H and O–H groups in total. The molecule has 0 spiro atoms. The van der Waals surface area contributed by atoms with Crippen molar-refractivity contribution in [3.8, 4) is 22.9 Å². The minimum atomic E-state index is -6.09. The van der Waals surface area contributed by atoms with Crippen LogP contribution in [0, 0.1) is 110 Å². The van der Waals surface area contributed by atoms with Crippen LogP contribution in [0.5, 0.6) is 0 Å². The Morgan fingerprint density at radius 2 is 0.692 bits per heavy atom. The molecule has 19 heteroatoms. The van der Waals surface area contributed by atoms with Gasteiger partial charge in [0.15, 0.2) is 52.4 Å². The number of rotatable bonds is 4. The number of nitrogens with zero attached hydrogens (tertiary/aromatic N) is 1. The fraction of sp³-hybridized carbons (Fsp3) is 0.182. The summed E-state index contributed by atoms with van der Waals surface area (Å²) in [5.41, 5.74) is -4.31. The third-order valence-corrected chi connectivity index (χ3v) is 9.30. The highest BCUT2D eigenvalue weighted by molar-refractivity contribution is 7.05. The maximum atomic E-state index is 16.2. The molecule has 0 fully saturated rings. The highest BCUT2D eigenvalue weighted by Crippen LogP contribution is 2.27. The molecular formula is C33H21BF15NSi2. The molecule has 0 bridgehead atoms. The predicted octanol–water partition coefficient (Wildman–Crippen LogP) is 7.03. The zero-order valence-corrected chi connectivity index (χ0v) is 29.4. The number of pyridine rings is 1. The smallest absolute Gasteiger partial charge is 0.378 e. The van der Waals surface area contributed by atoms with E-state index in [2.05, 4.69) is 22.9 Å². The Bertz CT molecular complexity index is 2050. The van der Waals surface area contributed by atoms with Crippen LogP contribution < -0.4 is 20.9 Å². The molecule has 0 unspecified atom stereocenters. The van der Waals surface area contributed by atoms with Crippen LogP contribution in [0.1, 0.15) is 11.3 Å². The van der Waals surface area contributed by atoms with Crippen LogP contribution in [0.3, 0.4) is 0 Å². The van der Waals surface area contributed by atoms with Gasteiger partial charge in [0, 0.05) is 0 Å². The normalized spacial score (nSPS) is 12.0. The van der Waals surface area contributed by atoms with Crippen molar-refractivity contribution in [3.63, 3.8) is 0 Å². The van der Waals surface area contributed by atoms with E-state index < -0.39 is 137 Å². The second-order valence-corrected chi connectivity index (χ2v) is 22.9. The summed E-state index contributed by atoms with van der Waals surface area (Å²) in [4.78, 5) is 0. The summed E-state index contributed by atoms with van der Waals surface area (Å²) < 4.78 is 231. The van der Waals surface area contributed by atoms with Crippen LogP contribution in [0.15, 0.2) is 18.3 Å². The van der Waals surface area contributed by atoms with E-state index in [0.717, 1.165) is 12.1 Å². The van der Waals surface area contributed by atoms with Gasteiger partial charge >= 0.3 is 6.28 Å². The average Bonchev–Trinajstić information content (AvgIpc) is 3.07. The van der Waals surface area contributed by atoms with Gasteiger partial charge in [0.05, 0.1) is 5.56 Å². The van der Waals surface area contributed by atoms with E-state index in [1.165, 1.54) is 0 Å². The summed E-state index contributed by atoms with van der Waals surface area (Å²) in [6.07, 6.45) is -5.74. The molecule has 0 atom stereocenters. The summed E-state index contributed by atoms with van der Waals surface area (Å²) in [6.45, 7) is 9.73. The van der Waals surface area contributed by atoms with Gasteiger partial charge in [-0.15, -0.1) is 11.1 Å². The average molecular weight is 783 g/mol. The molecule has 1 heterocycles. The summed E-state index contributed by atoms with van der Waals surface area (Å²) in [5.74, 6) is -41.3. The molecule has 0 saturated carbocycles. The molecule has 1 nitrogen and oxygen atoms in total. The van der Waals surface area contributed by atoms with Gasteiger partial charge in [0.25, 0.3) is 0 Å². The summed E-state index contributed by atoms with van der Waals surface area (Å²) in [7, 11) is -5.23. The Hall–Kier alpha value is -4.62. The van der Waals surface area contributed by atoms with Crippen molar-refractivity contribution in [2.24, 2.45) is 0 Å². The number of hydrogen-bond acceptors (Lipinski definition) is 0. The summed E-state index contributed by atoms with van der Waals surface area (Å²) in [6, 6.07) is 1.77. The summed E-state index contributed by atoms with van der Waals surface area (Å²) in [5, 5.41) is 0. The first-order valence-corrected chi connectivity index (χ1v) is 21.6. The third kappa shape index (κ3) is 6.49. The zero-order chi connectivity index (χ0) is 39.6. The zero-order valence-electron chi connectivity index (χ0n) is 27.4. The molecule has 4 aromatic rings. The minimum Gasteiger partial charge on any atom is -0.399 e. The van der Waals surface area contributed by atoms with Crippen molar-refractivity contribution in [2.75, 3.05) is 0 Å². The predicted molar refractivity (Wildman–Crippen MR) is 166 cm³/mol. The van der Waals surface area contributed by atoms with Crippen molar-refractivity contribution in [1.82, 2.24) is 0 Å². The van der Waals surface area contributed by atoms with Gasteiger partial charge < -0.3 is 4.48 Å². The van der Waals surface area contributed by atoms with E-state index in [0.29, 0.717) is 6.20 Å². The lowest BCUT2D eigenvalue weighted by Crippen LogP contribution is -2.89. The highest BCUT2D eigenvalue weighted by atomic mass is 28.3. The molecule has 0 aliphatic heterocycles. The van der Waals surface area contributed by atoms with Gasteiger partial charge in [0.2, 0.25) is 5.69 Å². The third-order valence-electron chi connectivity index (χ3n) is 7.55. The minimum absolute atomic E-state index is 0.143. The first kappa shape index (κ1) is 40.2. The van der Waals surface area contributed by atoms with Crippen molar-refractivity contribution in [2.45, 2.75) is 39.3 Å². The molecule has 3 aromatic carbocycles. The lowest BCUT2D eigenvalue weighted by atomic mass is 9.23. The molecule has 1 aromatic heterocycles. The highest BCUT2D eigenvalue weighted by Gasteiger charge is 2.58. The Morgan fingerprint density at radius 1 is 0.423 bits per heavy atom. The number of hydrogen-bond donors (Lipinski definition) is 0. The fourth-order valence-corrected chi connectivity index (χ4v) is 6.40. The van der Waals surface area contributed by atoms with E-state index in [1.54, 1.807) is 39.3 Å². The van der Waals surface area contributed by atoms with Gasteiger partial charge in [-0.25, -0.2) is 65.9 Å². The Morgan fingerprint density at radius 3 is 0.981 bits per heavy atom. The van der Waals surface area contributed by atoms with Crippen LogP contribution in [0.25, 0.3) is 0 Å². The standard InChI is InChI=1S/C33H21BF15NSi2/c1-51(2,3)12-9-14-8-7-11-50(15(14)10-13-52(4,5)6)34(16-19(35)25(41)31(47)26(42)20(16)36,17-21(37)27(43)32(48)28(44)22(17)38)18-23(39)29(45)33(49)30(46)24(18)40/h7-8,11H,1-6H3. The molecule has 0 amide bonds. The lowest BCUT2D eigenvalue weighted by molar-refractivity contribution is -0.543. The van der Waals surface area contributed by atoms with Gasteiger partial charge in [0.1, 0.15) is 57.2 Å². The molecule has 0 aliphatic rings. The van der Waals surface area contributed by atoms with E-state index in [4.69, 9.17) is 0 Å². The molecule has 0 aliphatic carbocycles. The van der Waals surface area contributed by atoms with Gasteiger partial charge in [-0.2, -0.15) is 0 Å². The number of halogens is 15. The molecule has 274 valence electrons. The maximum Gasteiger partial charge on any atom is 0.378 e. The molecule has 0 saturated heterocycles. The lowest BCUT2D eigenvalue weighted by Gasteiger charge is -2.38. The molecule has 4 rings (SSSR count). The van der Waals surface area contributed by atoms with E-state index >= 15 is 52.7 Å². The van der Waals surface area contributed by atoms with Gasteiger partial charge in [-0.3, -0.25) is 0 Å². The Labute approximate surface area is 288 Å². The van der Waals surface area contributed by atoms with E-state index in [1.807, 2.05) is 0 Å². The second-order valence-electron chi connectivity index (χ2n) is 13.4. The van der Waals surface area contributed by atoms with Crippen molar-refractivity contribution >= 4 is 38.8 Å². The Balaban J connectivity index is 2.67. The van der Waals surface area contributed by atoms with Crippen LogP contribution in [0.4, 0.5) is 65.9 Å². The largest absolute Gasteiger partial charge is 0.399 e. The molecule has 52 heavy (non-hydrogen) atoms. The second kappa shape index (κ2) is 13.7. The first-order valence-electron chi connectivity index (χ1n) is 14.6. The van der Waals surface area contributed by atoms with Crippen molar-refractivity contribution in [3.05, 3.63) is 117 Å². The van der Waals surface area contributed by atoms with Crippen molar-refractivity contribution < 1.29 is 70.3 Å². The van der Waals surface area contributed by atoms with Crippen LogP contribution >= 0.6 is 0 Å². The fourth-order valence-electron chi connectivity index (χ4n) is 5.40. The Kier molecular flexibility index (Phi) is 10.6.